The highest BCUT2D eigenvalue weighted by Crippen LogP contribution is 2.32. The summed E-state index contributed by atoms with van der Waals surface area (Å²) in [7, 11) is 0. The molecule has 0 amide bonds. The maximum absolute atomic E-state index is 13.2. The van der Waals surface area contributed by atoms with Gasteiger partial charge in [-0.15, -0.1) is 0 Å². The molecule has 0 spiro atoms. The fourth-order valence-electron chi connectivity index (χ4n) is 4.03. The smallest absolute Gasteiger partial charge is 0.415 e. The summed E-state index contributed by atoms with van der Waals surface area (Å²) in [5, 5.41) is 10.9. The Hall–Kier alpha value is -2.92. The molecule has 4 heterocycles. The minimum Gasteiger partial charge on any atom is -0.436 e. The molecule has 0 saturated heterocycles. The highest BCUT2D eigenvalue weighted by atomic mass is 32.1. The summed E-state index contributed by atoms with van der Waals surface area (Å²) in [5.74, 6) is 0.486. The average Bonchev–Trinajstić information content (AvgIpc) is 3.33. The van der Waals surface area contributed by atoms with Gasteiger partial charge in [-0.2, -0.15) is 13.5 Å². The number of aromatic nitrogens is 4. The van der Waals surface area contributed by atoms with Gasteiger partial charge in [0.2, 0.25) is 0 Å². The first-order valence-corrected chi connectivity index (χ1v) is 9.33. The lowest BCUT2D eigenvalue weighted by Gasteiger charge is -2.33. The molecule has 2 aromatic heterocycles. The number of fused-ring (bicyclic) bond motifs is 2. The van der Waals surface area contributed by atoms with Crippen molar-refractivity contribution in [3.8, 4) is 17.3 Å². The van der Waals surface area contributed by atoms with Crippen molar-refractivity contribution >= 4 is 19.3 Å². The molecular weight excluding hydrogens is 411 g/mol. The standard InChI is InChI=1S/C19H19FN6O3.H2S/c1-19(12-25-10-17(26(27)28)22-18(25)29-19)11-23-6-7-24-8-15(21-16(24)9-23)13-2-4-14(20)5-3-13;/h2-5,8,10H,6-7,9,11-12H2,1H3;1H2/t19-;/m0./s1. The van der Waals surface area contributed by atoms with Crippen LogP contribution in [0.4, 0.5) is 10.2 Å². The number of hydrogen-bond acceptors (Lipinski definition) is 6. The zero-order valence-corrected chi connectivity index (χ0v) is 17.3. The Morgan fingerprint density at radius 2 is 1.97 bits per heavy atom. The second-order valence-electron chi connectivity index (χ2n) is 7.77. The number of imidazole rings is 2. The molecular formula is C19H21FN6O3S. The molecule has 0 aliphatic carbocycles. The van der Waals surface area contributed by atoms with Crippen LogP contribution in [0.15, 0.2) is 36.7 Å². The third-order valence-corrected chi connectivity index (χ3v) is 5.34. The van der Waals surface area contributed by atoms with E-state index in [0.717, 1.165) is 30.2 Å². The molecule has 11 heteroatoms. The van der Waals surface area contributed by atoms with Crippen LogP contribution in [-0.2, 0) is 19.6 Å². The monoisotopic (exact) mass is 432 g/mol. The Balaban J connectivity index is 0.00000218. The molecule has 0 bridgehead atoms. The number of nitrogens with zero attached hydrogens (tertiary/aromatic N) is 6. The fourth-order valence-corrected chi connectivity index (χ4v) is 4.03. The van der Waals surface area contributed by atoms with Crippen LogP contribution in [0.5, 0.6) is 6.01 Å². The van der Waals surface area contributed by atoms with Crippen molar-refractivity contribution in [1.82, 2.24) is 24.0 Å². The van der Waals surface area contributed by atoms with Crippen LogP contribution in [0.25, 0.3) is 11.3 Å². The number of benzene rings is 1. The van der Waals surface area contributed by atoms with E-state index in [-0.39, 0.29) is 31.1 Å². The highest BCUT2D eigenvalue weighted by Gasteiger charge is 2.42. The molecule has 5 rings (SSSR count). The van der Waals surface area contributed by atoms with Gasteiger partial charge in [-0.25, -0.2) is 9.37 Å². The minimum atomic E-state index is -0.519. The van der Waals surface area contributed by atoms with Crippen molar-refractivity contribution in [2.45, 2.75) is 32.2 Å². The lowest BCUT2D eigenvalue weighted by atomic mass is 10.1. The van der Waals surface area contributed by atoms with E-state index >= 15 is 0 Å². The van der Waals surface area contributed by atoms with Crippen molar-refractivity contribution in [2.24, 2.45) is 0 Å². The Bertz CT molecular complexity index is 1070. The van der Waals surface area contributed by atoms with Crippen LogP contribution in [0.3, 0.4) is 0 Å². The highest BCUT2D eigenvalue weighted by molar-refractivity contribution is 7.59. The molecule has 9 nitrogen and oxygen atoms in total. The number of nitro groups is 1. The van der Waals surface area contributed by atoms with Gasteiger partial charge in [0.1, 0.15) is 23.4 Å². The molecule has 0 unspecified atom stereocenters. The molecule has 0 N–H and O–H groups in total. The predicted molar refractivity (Wildman–Crippen MR) is 111 cm³/mol. The van der Waals surface area contributed by atoms with Gasteiger partial charge in [-0.1, -0.05) is 0 Å². The summed E-state index contributed by atoms with van der Waals surface area (Å²) in [6, 6.07) is 6.62. The van der Waals surface area contributed by atoms with Gasteiger partial charge in [0.25, 0.3) is 0 Å². The van der Waals surface area contributed by atoms with Crippen molar-refractivity contribution in [3.63, 3.8) is 0 Å². The van der Waals surface area contributed by atoms with E-state index in [1.807, 2.05) is 13.1 Å². The SMILES string of the molecule is C[C@]1(CN2CCn3cc(-c4ccc(F)cc4)nc3C2)Cn2cc([N+](=O)[O-])nc2O1.S. The van der Waals surface area contributed by atoms with Gasteiger partial charge in [0.15, 0.2) is 0 Å². The molecule has 2 aliphatic heterocycles. The van der Waals surface area contributed by atoms with Gasteiger partial charge in [-0.05, 0) is 36.1 Å². The molecule has 2 aliphatic rings. The summed E-state index contributed by atoms with van der Waals surface area (Å²) in [5.41, 5.74) is 1.21. The van der Waals surface area contributed by atoms with Crippen LogP contribution < -0.4 is 4.74 Å². The van der Waals surface area contributed by atoms with Gasteiger partial charge in [0.05, 0.1) is 18.8 Å². The third-order valence-electron chi connectivity index (χ3n) is 5.34. The minimum absolute atomic E-state index is 0. The van der Waals surface area contributed by atoms with Crippen molar-refractivity contribution < 1.29 is 14.1 Å². The summed E-state index contributed by atoms with van der Waals surface area (Å²) in [4.78, 5) is 21.3. The van der Waals surface area contributed by atoms with Gasteiger partial charge < -0.3 is 19.4 Å². The first-order chi connectivity index (χ1) is 13.9. The predicted octanol–water partition coefficient (Wildman–Crippen LogP) is 2.57. The molecule has 0 saturated carbocycles. The van der Waals surface area contributed by atoms with E-state index in [0.29, 0.717) is 19.6 Å². The van der Waals surface area contributed by atoms with E-state index < -0.39 is 10.5 Å². The average molecular weight is 432 g/mol. The quantitative estimate of drug-likeness (QED) is 0.465. The van der Waals surface area contributed by atoms with Gasteiger partial charge in [0, 0.05) is 36.4 Å². The second kappa shape index (κ2) is 7.40. The van der Waals surface area contributed by atoms with Crippen LogP contribution in [0.1, 0.15) is 12.7 Å². The summed E-state index contributed by atoms with van der Waals surface area (Å²) in [6.07, 6.45) is 3.42. The first-order valence-electron chi connectivity index (χ1n) is 9.33. The van der Waals surface area contributed by atoms with Crippen molar-refractivity contribution in [3.05, 3.63) is 58.4 Å². The van der Waals surface area contributed by atoms with Crippen LogP contribution in [0.2, 0.25) is 0 Å². The maximum Gasteiger partial charge on any atom is 0.415 e. The lowest BCUT2D eigenvalue weighted by molar-refractivity contribution is -0.389. The first kappa shape index (κ1) is 20.4. The summed E-state index contributed by atoms with van der Waals surface area (Å²) >= 11 is 0. The Morgan fingerprint density at radius 3 is 2.67 bits per heavy atom. The molecule has 158 valence electrons. The molecule has 1 aromatic carbocycles. The summed E-state index contributed by atoms with van der Waals surface area (Å²) in [6.45, 7) is 5.46. The van der Waals surface area contributed by atoms with Gasteiger partial charge in [-0.3, -0.25) is 9.47 Å². The van der Waals surface area contributed by atoms with E-state index in [1.54, 1.807) is 16.7 Å². The van der Waals surface area contributed by atoms with E-state index in [9.17, 15) is 14.5 Å². The second-order valence-corrected chi connectivity index (χ2v) is 7.77. The van der Waals surface area contributed by atoms with E-state index in [2.05, 4.69) is 14.5 Å². The van der Waals surface area contributed by atoms with E-state index in [4.69, 9.17) is 9.72 Å². The van der Waals surface area contributed by atoms with Crippen LogP contribution in [-0.4, -0.2) is 47.6 Å². The van der Waals surface area contributed by atoms with Crippen LogP contribution >= 0.6 is 13.5 Å². The lowest BCUT2D eigenvalue weighted by Crippen LogP contribution is -2.47. The van der Waals surface area contributed by atoms with Crippen molar-refractivity contribution in [2.75, 3.05) is 13.1 Å². The van der Waals surface area contributed by atoms with Gasteiger partial charge >= 0.3 is 11.8 Å². The molecule has 30 heavy (non-hydrogen) atoms. The largest absolute Gasteiger partial charge is 0.436 e. The molecule has 0 radical (unpaired) electrons. The molecule has 0 fully saturated rings. The number of rotatable bonds is 4. The zero-order valence-electron chi connectivity index (χ0n) is 16.3. The fraction of sp³-hybridized carbons (Fsp3) is 0.368. The number of ether oxygens (including phenoxy) is 1. The topological polar surface area (TPSA) is 91.2 Å². The van der Waals surface area contributed by atoms with E-state index in [1.165, 1.54) is 18.3 Å². The molecule has 3 aromatic rings. The number of halogens is 1. The molecule has 1 atom stereocenters. The Labute approximate surface area is 178 Å². The normalized spacial score (nSPS) is 20.2. The van der Waals surface area contributed by atoms with Crippen molar-refractivity contribution in [1.29, 1.82) is 0 Å². The number of hydrogen-bond donors (Lipinski definition) is 0. The maximum atomic E-state index is 13.2. The Kier molecular flexibility index (Phi) is 5.02. The Morgan fingerprint density at radius 1 is 1.20 bits per heavy atom. The van der Waals surface area contributed by atoms with Crippen LogP contribution in [0, 0.1) is 15.9 Å². The zero-order chi connectivity index (χ0) is 20.2. The summed E-state index contributed by atoms with van der Waals surface area (Å²) < 4.78 is 22.9. The third kappa shape index (κ3) is 3.65.